The van der Waals surface area contributed by atoms with Crippen molar-refractivity contribution in [2.24, 2.45) is 16.6 Å². The molecule has 1 aliphatic heterocycles. The van der Waals surface area contributed by atoms with E-state index < -0.39 is 0 Å². The Morgan fingerprint density at radius 1 is 1.30 bits per heavy atom. The van der Waals surface area contributed by atoms with E-state index in [-0.39, 0.29) is 11.8 Å². The first kappa shape index (κ1) is 21.0. The summed E-state index contributed by atoms with van der Waals surface area (Å²) in [5, 5.41) is 6.75. The number of amides is 1. The molecule has 0 aromatic carbocycles. The Kier molecular flexibility index (Phi) is 8.87. The minimum atomic E-state index is -0.189. The van der Waals surface area contributed by atoms with Gasteiger partial charge < -0.3 is 21.3 Å². The summed E-state index contributed by atoms with van der Waals surface area (Å²) in [6.45, 7) is 5.42. The fraction of sp³-hybridized carbons (Fsp3) is 0.650. The number of guanidine groups is 1. The van der Waals surface area contributed by atoms with Gasteiger partial charge in [0.1, 0.15) is 5.82 Å². The number of hydrogen-bond acceptors (Lipinski definition) is 4. The fourth-order valence-corrected chi connectivity index (χ4v) is 3.39. The highest BCUT2D eigenvalue weighted by Gasteiger charge is 2.24. The highest BCUT2D eigenvalue weighted by molar-refractivity contribution is 5.79. The molecule has 27 heavy (non-hydrogen) atoms. The van der Waals surface area contributed by atoms with E-state index in [1.165, 1.54) is 19.3 Å². The Morgan fingerprint density at radius 3 is 2.74 bits per heavy atom. The number of primary amides is 1. The van der Waals surface area contributed by atoms with Gasteiger partial charge in [0, 0.05) is 50.9 Å². The number of nitrogens with one attached hydrogen (secondary N) is 2. The quantitative estimate of drug-likeness (QED) is 0.349. The van der Waals surface area contributed by atoms with Gasteiger partial charge in [-0.2, -0.15) is 0 Å². The smallest absolute Gasteiger partial charge is 0.220 e. The van der Waals surface area contributed by atoms with Gasteiger partial charge in [0.2, 0.25) is 5.91 Å². The lowest BCUT2D eigenvalue weighted by atomic mass is 9.96. The molecular weight excluding hydrogens is 340 g/mol. The minimum absolute atomic E-state index is 0.0118. The molecule has 1 aromatic heterocycles. The van der Waals surface area contributed by atoms with Gasteiger partial charge in [-0.15, -0.1) is 0 Å². The SMILES string of the molecule is CCCCCCNC(=NC)NCc1cccnc1N1CCC(C(N)=O)CC1. The number of aromatic nitrogens is 1. The second-order valence-corrected chi connectivity index (χ2v) is 7.06. The zero-order valence-electron chi connectivity index (χ0n) is 16.7. The van der Waals surface area contributed by atoms with E-state index in [1.807, 2.05) is 12.3 Å². The second kappa shape index (κ2) is 11.4. The maximum absolute atomic E-state index is 11.4. The molecule has 1 amide bonds. The number of carbonyl (C=O) groups is 1. The third kappa shape index (κ3) is 6.73. The maximum Gasteiger partial charge on any atom is 0.220 e. The number of aliphatic imine (C=N–C) groups is 1. The molecule has 7 nitrogen and oxygen atoms in total. The van der Waals surface area contributed by atoms with E-state index in [4.69, 9.17) is 5.73 Å². The van der Waals surface area contributed by atoms with Crippen molar-refractivity contribution in [1.82, 2.24) is 15.6 Å². The van der Waals surface area contributed by atoms with E-state index in [9.17, 15) is 4.79 Å². The van der Waals surface area contributed by atoms with Crippen LogP contribution in [0.1, 0.15) is 51.0 Å². The van der Waals surface area contributed by atoms with Gasteiger partial charge >= 0.3 is 0 Å². The highest BCUT2D eigenvalue weighted by Crippen LogP contribution is 2.24. The Hall–Kier alpha value is -2.31. The summed E-state index contributed by atoms with van der Waals surface area (Å²) >= 11 is 0. The predicted molar refractivity (Wildman–Crippen MR) is 111 cm³/mol. The number of unbranched alkanes of at least 4 members (excludes halogenated alkanes) is 3. The molecule has 150 valence electrons. The Labute approximate surface area is 162 Å². The van der Waals surface area contributed by atoms with Crippen LogP contribution in [-0.4, -0.2) is 43.5 Å². The van der Waals surface area contributed by atoms with Crippen LogP contribution in [0.3, 0.4) is 0 Å². The Morgan fingerprint density at radius 2 is 2.07 bits per heavy atom. The molecule has 0 unspecified atom stereocenters. The van der Waals surface area contributed by atoms with Crippen LogP contribution in [0, 0.1) is 5.92 Å². The second-order valence-electron chi connectivity index (χ2n) is 7.06. The van der Waals surface area contributed by atoms with E-state index in [2.05, 4.69) is 38.5 Å². The van der Waals surface area contributed by atoms with Crippen molar-refractivity contribution in [2.75, 3.05) is 31.6 Å². The van der Waals surface area contributed by atoms with Gasteiger partial charge in [-0.1, -0.05) is 32.3 Å². The summed E-state index contributed by atoms with van der Waals surface area (Å²) in [5.74, 6) is 1.59. The van der Waals surface area contributed by atoms with Gasteiger partial charge in [0.15, 0.2) is 5.96 Å². The van der Waals surface area contributed by atoms with Gasteiger partial charge in [0.05, 0.1) is 0 Å². The molecule has 1 saturated heterocycles. The zero-order chi connectivity index (χ0) is 19.5. The van der Waals surface area contributed by atoms with Crippen molar-refractivity contribution in [1.29, 1.82) is 0 Å². The average molecular weight is 375 g/mol. The van der Waals surface area contributed by atoms with Gasteiger partial charge in [-0.3, -0.25) is 9.79 Å². The van der Waals surface area contributed by atoms with Crippen LogP contribution in [0.25, 0.3) is 0 Å². The van der Waals surface area contributed by atoms with Gasteiger partial charge in [0.25, 0.3) is 0 Å². The molecule has 1 aromatic rings. The van der Waals surface area contributed by atoms with E-state index in [1.54, 1.807) is 7.05 Å². The number of nitrogens with two attached hydrogens (primary N) is 1. The molecule has 0 radical (unpaired) electrons. The van der Waals surface area contributed by atoms with E-state index >= 15 is 0 Å². The third-order valence-electron chi connectivity index (χ3n) is 5.06. The van der Waals surface area contributed by atoms with E-state index in [0.29, 0.717) is 6.54 Å². The summed E-state index contributed by atoms with van der Waals surface area (Å²) < 4.78 is 0. The number of rotatable bonds is 9. The number of pyridine rings is 1. The van der Waals surface area contributed by atoms with Crippen LogP contribution < -0.4 is 21.3 Å². The molecule has 0 spiro atoms. The molecule has 0 aliphatic carbocycles. The van der Waals surface area contributed by atoms with Crippen molar-refractivity contribution < 1.29 is 4.79 Å². The van der Waals surface area contributed by atoms with E-state index in [0.717, 1.165) is 56.2 Å². The normalized spacial score (nSPS) is 15.6. The number of hydrogen-bond donors (Lipinski definition) is 3. The summed E-state index contributed by atoms with van der Waals surface area (Å²) in [5.41, 5.74) is 6.57. The molecule has 1 fully saturated rings. The van der Waals surface area contributed by atoms with Crippen molar-refractivity contribution >= 4 is 17.7 Å². The maximum atomic E-state index is 11.4. The molecule has 7 heteroatoms. The first-order valence-corrected chi connectivity index (χ1v) is 10.1. The molecule has 0 atom stereocenters. The lowest BCUT2D eigenvalue weighted by molar-refractivity contribution is -0.122. The zero-order valence-corrected chi connectivity index (χ0v) is 16.7. The van der Waals surface area contributed by atoms with Crippen molar-refractivity contribution in [3.05, 3.63) is 23.9 Å². The van der Waals surface area contributed by atoms with Crippen LogP contribution >= 0.6 is 0 Å². The van der Waals surface area contributed by atoms with Crippen LogP contribution in [0.2, 0.25) is 0 Å². The van der Waals surface area contributed by atoms with Crippen molar-refractivity contribution in [2.45, 2.75) is 52.0 Å². The molecular formula is C20H34N6O. The number of piperidine rings is 1. The predicted octanol–water partition coefficient (Wildman–Crippen LogP) is 2.03. The van der Waals surface area contributed by atoms with Crippen LogP contribution in [0.4, 0.5) is 5.82 Å². The minimum Gasteiger partial charge on any atom is -0.369 e. The Balaban J connectivity index is 1.87. The topological polar surface area (TPSA) is 95.6 Å². The molecule has 2 heterocycles. The summed E-state index contributed by atoms with van der Waals surface area (Å²) in [7, 11) is 1.79. The lowest BCUT2D eigenvalue weighted by Crippen LogP contribution is -2.40. The largest absolute Gasteiger partial charge is 0.369 e. The first-order valence-electron chi connectivity index (χ1n) is 10.1. The summed E-state index contributed by atoms with van der Waals surface area (Å²) in [6, 6.07) is 4.04. The molecule has 4 N–H and O–H groups in total. The standard InChI is InChI=1S/C20H34N6O/c1-3-4-5-6-11-24-20(22-2)25-15-17-8-7-12-23-19(17)26-13-9-16(10-14-26)18(21)27/h7-8,12,16H,3-6,9-11,13-15H2,1-2H3,(H2,21,27)(H2,22,24,25). The number of carbonyl (C=O) groups excluding carboxylic acids is 1. The fourth-order valence-electron chi connectivity index (χ4n) is 3.39. The van der Waals surface area contributed by atoms with Crippen LogP contribution in [0.5, 0.6) is 0 Å². The lowest BCUT2D eigenvalue weighted by Gasteiger charge is -2.32. The average Bonchev–Trinajstić information content (AvgIpc) is 2.70. The van der Waals surface area contributed by atoms with Crippen LogP contribution in [-0.2, 0) is 11.3 Å². The first-order chi connectivity index (χ1) is 13.2. The van der Waals surface area contributed by atoms with Crippen LogP contribution in [0.15, 0.2) is 23.3 Å². The molecule has 2 rings (SSSR count). The highest BCUT2D eigenvalue weighted by atomic mass is 16.1. The summed E-state index contributed by atoms with van der Waals surface area (Å²) in [4.78, 5) is 22.5. The van der Waals surface area contributed by atoms with Gasteiger partial charge in [-0.25, -0.2) is 4.98 Å². The third-order valence-corrected chi connectivity index (χ3v) is 5.06. The number of anilines is 1. The van der Waals surface area contributed by atoms with Crippen molar-refractivity contribution in [3.63, 3.8) is 0 Å². The monoisotopic (exact) mass is 374 g/mol. The molecule has 0 saturated carbocycles. The Bertz CT molecular complexity index is 610. The molecule has 1 aliphatic rings. The van der Waals surface area contributed by atoms with Crippen molar-refractivity contribution in [3.8, 4) is 0 Å². The number of nitrogens with zero attached hydrogens (tertiary/aromatic N) is 3. The van der Waals surface area contributed by atoms with Gasteiger partial charge in [-0.05, 0) is 25.3 Å². The summed E-state index contributed by atoms with van der Waals surface area (Å²) in [6.07, 6.45) is 8.32. The molecule has 0 bridgehead atoms.